The number of ether oxygens (including phenoxy) is 5. The van der Waals surface area contributed by atoms with E-state index in [1.54, 1.807) is 7.11 Å². The van der Waals surface area contributed by atoms with Crippen LogP contribution in [0.4, 0.5) is 0 Å². The number of allylic oxidation sites excluding steroid dienone is 1. The first kappa shape index (κ1) is 58.3. The lowest BCUT2D eigenvalue weighted by Crippen LogP contribution is -2.54. The molecule has 10 heteroatoms. The maximum atomic E-state index is 14.1. The lowest BCUT2D eigenvalue weighted by atomic mass is 9.85. The van der Waals surface area contributed by atoms with Crippen molar-refractivity contribution in [3.8, 4) is 5.75 Å². The minimum absolute atomic E-state index is 0.0226. The van der Waals surface area contributed by atoms with E-state index in [0.717, 1.165) is 56.4 Å². The van der Waals surface area contributed by atoms with Crippen molar-refractivity contribution in [3.05, 3.63) is 77.9 Å². The van der Waals surface area contributed by atoms with Gasteiger partial charge in [0.1, 0.15) is 11.9 Å². The molecule has 2 heterocycles. The highest BCUT2D eigenvalue weighted by atomic mass is 28.4. The van der Waals surface area contributed by atoms with Crippen LogP contribution in [-0.4, -0.2) is 78.0 Å². The monoisotopic (exact) mass is 979 g/mol. The molecule has 2 fully saturated rings. The first-order valence-corrected chi connectivity index (χ1v) is 31.6. The summed E-state index contributed by atoms with van der Waals surface area (Å²) in [7, 11) is -2.68. The van der Waals surface area contributed by atoms with Crippen molar-refractivity contribution >= 4 is 22.6 Å². The maximum absolute atomic E-state index is 14.1. The number of rotatable bonds is 26. The van der Waals surface area contributed by atoms with Crippen LogP contribution in [0, 0.1) is 23.7 Å². The third-order valence-corrected chi connectivity index (χ3v) is 27.2. The standard InChI is InChI=1S/C58H98O8Si2/c1-40(2)68(41(3)4,42(5)6)66-54(45(9)25-23-24-43(7)36-44(8)38-61-39-48-28-30-50(60-17)31-29-48)46(10)52(62-55(59)49-26-21-20-22-27-49)37-51-32-34-58(16,63-51)53-33-35-57(15,64-53)47(11)65-67(18,19)56(12,13)14/h20-23,25-31,40-47,51-54H,24,32-39H2,1-19H3/b25-23+/t43-,44-,45-,46+,47-,51+,52+,53-,54-,57+,58+/m1/s1. The Labute approximate surface area is 418 Å². The lowest BCUT2D eigenvalue weighted by molar-refractivity contribution is -0.170. The molecule has 8 nitrogen and oxygen atoms in total. The fourth-order valence-electron chi connectivity index (χ4n) is 11.2. The number of hydrogen-bond donors (Lipinski definition) is 0. The summed E-state index contributed by atoms with van der Waals surface area (Å²) in [6, 6.07) is 17.5. The largest absolute Gasteiger partial charge is 0.497 e. The molecule has 0 aliphatic carbocycles. The van der Waals surface area contributed by atoms with E-state index < -0.39 is 28.3 Å². The van der Waals surface area contributed by atoms with Crippen molar-refractivity contribution in [1.29, 1.82) is 0 Å². The molecule has 2 aromatic carbocycles. The summed E-state index contributed by atoms with van der Waals surface area (Å²) in [6.45, 7) is 42.8. The van der Waals surface area contributed by atoms with Crippen molar-refractivity contribution in [2.75, 3.05) is 13.7 Å². The fraction of sp³-hybridized carbons (Fsp3) is 0.741. The van der Waals surface area contributed by atoms with Crippen LogP contribution in [0.15, 0.2) is 66.7 Å². The lowest BCUT2D eigenvalue weighted by Gasteiger charge is -2.48. The molecule has 0 spiro atoms. The zero-order chi connectivity index (χ0) is 50.8. The van der Waals surface area contributed by atoms with Gasteiger partial charge in [0.15, 0.2) is 8.32 Å². The first-order chi connectivity index (χ1) is 31.7. The molecule has 0 saturated carbocycles. The van der Waals surface area contributed by atoms with E-state index in [0.29, 0.717) is 47.1 Å². The number of carbonyl (C=O) groups excluding carboxylic acids is 1. The van der Waals surface area contributed by atoms with Crippen LogP contribution in [0.3, 0.4) is 0 Å². The molecule has 0 amide bonds. The molecule has 2 aliphatic rings. The van der Waals surface area contributed by atoms with Crippen LogP contribution in [0.25, 0.3) is 0 Å². The number of carbonyl (C=O) groups is 1. The predicted molar refractivity (Wildman–Crippen MR) is 287 cm³/mol. The van der Waals surface area contributed by atoms with Gasteiger partial charge >= 0.3 is 5.97 Å². The highest BCUT2D eigenvalue weighted by molar-refractivity contribution is 6.77. The summed E-state index contributed by atoms with van der Waals surface area (Å²) in [5, 5.41) is 0.120. The highest BCUT2D eigenvalue weighted by Crippen LogP contribution is 2.49. The van der Waals surface area contributed by atoms with Crippen molar-refractivity contribution in [1.82, 2.24) is 0 Å². The Morgan fingerprint density at radius 2 is 1.43 bits per heavy atom. The van der Waals surface area contributed by atoms with Gasteiger partial charge in [-0.05, 0) is 142 Å². The van der Waals surface area contributed by atoms with Crippen molar-refractivity contribution < 1.29 is 37.3 Å². The SMILES string of the molecule is COc1ccc(COC[C@H](C)C[C@H](C)C/C=C/[C@@H](C)[C@@H](O[Si](C(C)C)(C(C)C)C(C)C)[C@@H](C)[C@H](C[C@@H]2CC[C@@](C)([C@H]3CC[C@@](C)([C@@H](C)O[Si](C)(C)C(C)(C)C)O3)O2)OC(=O)c2ccccc2)cc1. The van der Waals surface area contributed by atoms with E-state index in [9.17, 15) is 4.79 Å². The van der Waals surface area contributed by atoms with Gasteiger partial charge in [0.05, 0.1) is 54.9 Å². The van der Waals surface area contributed by atoms with Gasteiger partial charge in [-0.3, -0.25) is 0 Å². The second-order valence-corrected chi connectivity index (χ2v) is 34.4. The number of esters is 1. The Hall–Kier alpha value is -2.32. The summed E-state index contributed by atoms with van der Waals surface area (Å²) in [4.78, 5) is 14.1. The zero-order valence-electron chi connectivity index (χ0n) is 46.4. The minimum atomic E-state index is -2.38. The van der Waals surface area contributed by atoms with Gasteiger partial charge in [-0.2, -0.15) is 0 Å². The molecule has 0 unspecified atom stereocenters. The van der Waals surface area contributed by atoms with Crippen molar-refractivity contribution in [2.45, 2.75) is 239 Å². The molecule has 2 aromatic rings. The van der Waals surface area contributed by atoms with E-state index in [1.807, 2.05) is 42.5 Å². The van der Waals surface area contributed by atoms with Crippen LogP contribution in [0.5, 0.6) is 5.75 Å². The highest BCUT2D eigenvalue weighted by Gasteiger charge is 2.54. The Morgan fingerprint density at radius 3 is 2.00 bits per heavy atom. The third kappa shape index (κ3) is 15.1. The molecule has 0 radical (unpaired) electrons. The Morgan fingerprint density at radius 1 is 0.809 bits per heavy atom. The summed E-state index contributed by atoms with van der Waals surface area (Å²) in [6.07, 6.45) is 10.3. The van der Waals surface area contributed by atoms with Crippen LogP contribution >= 0.6 is 0 Å². The number of hydrogen-bond acceptors (Lipinski definition) is 8. The van der Waals surface area contributed by atoms with Gasteiger partial charge < -0.3 is 32.5 Å². The average Bonchev–Trinajstić information content (AvgIpc) is 3.87. The van der Waals surface area contributed by atoms with Crippen LogP contribution in [0.2, 0.25) is 34.8 Å². The summed E-state index contributed by atoms with van der Waals surface area (Å²) < 4.78 is 47.1. The average molecular weight is 980 g/mol. The normalized spacial score (nSPS) is 24.9. The molecule has 4 rings (SSSR count). The van der Waals surface area contributed by atoms with Gasteiger partial charge in [0, 0.05) is 18.9 Å². The van der Waals surface area contributed by atoms with E-state index in [4.69, 9.17) is 32.5 Å². The molecule has 0 N–H and O–H groups in total. The van der Waals surface area contributed by atoms with E-state index in [2.05, 4.69) is 148 Å². The molecule has 11 atom stereocenters. The van der Waals surface area contributed by atoms with E-state index in [1.165, 1.54) is 0 Å². The van der Waals surface area contributed by atoms with Crippen molar-refractivity contribution in [3.63, 3.8) is 0 Å². The summed E-state index contributed by atoms with van der Waals surface area (Å²) in [5.74, 6) is 1.46. The van der Waals surface area contributed by atoms with Crippen LogP contribution in [0.1, 0.15) is 172 Å². The topological polar surface area (TPSA) is 81.7 Å². The molecule has 2 saturated heterocycles. The smallest absolute Gasteiger partial charge is 0.338 e. The third-order valence-electron chi connectivity index (χ3n) is 16.6. The zero-order valence-corrected chi connectivity index (χ0v) is 48.4. The van der Waals surface area contributed by atoms with Gasteiger partial charge in [-0.1, -0.05) is 132 Å². The molecule has 0 aromatic heterocycles. The first-order valence-electron chi connectivity index (χ1n) is 26.5. The predicted octanol–water partition coefficient (Wildman–Crippen LogP) is 15.6. The van der Waals surface area contributed by atoms with E-state index >= 15 is 0 Å². The summed E-state index contributed by atoms with van der Waals surface area (Å²) >= 11 is 0. The second kappa shape index (κ2) is 24.9. The van der Waals surface area contributed by atoms with Gasteiger partial charge in [-0.15, -0.1) is 0 Å². The quantitative estimate of drug-likeness (QED) is 0.0524. The molecule has 68 heavy (non-hydrogen) atoms. The van der Waals surface area contributed by atoms with Crippen LogP contribution in [-0.2, 0) is 34.4 Å². The molecule has 2 aliphatic heterocycles. The number of methoxy groups -OCH3 is 1. The number of benzene rings is 2. The molecular formula is C58H98O8Si2. The molecular weight excluding hydrogens is 881 g/mol. The van der Waals surface area contributed by atoms with E-state index in [-0.39, 0.29) is 52.9 Å². The second-order valence-electron chi connectivity index (χ2n) is 24.2. The molecule has 386 valence electrons. The fourth-order valence-corrected chi connectivity index (χ4v) is 18.4. The maximum Gasteiger partial charge on any atom is 0.338 e. The Balaban J connectivity index is 1.55. The van der Waals surface area contributed by atoms with Crippen LogP contribution < -0.4 is 4.74 Å². The van der Waals surface area contributed by atoms with Gasteiger partial charge in [0.25, 0.3) is 0 Å². The van der Waals surface area contributed by atoms with Gasteiger partial charge in [-0.25, -0.2) is 4.79 Å². The van der Waals surface area contributed by atoms with Crippen molar-refractivity contribution in [2.24, 2.45) is 23.7 Å². The Kier molecular flexibility index (Phi) is 21.3. The molecule has 0 bridgehead atoms. The summed E-state index contributed by atoms with van der Waals surface area (Å²) in [5.41, 5.74) is 2.08. The Bertz CT molecular complexity index is 1820. The van der Waals surface area contributed by atoms with Gasteiger partial charge in [0.2, 0.25) is 8.32 Å². The minimum Gasteiger partial charge on any atom is -0.497 e.